The first-order chi connectivity index (χ1) is 12.5. The van der Waals surface area contributed by atoms with E-state index in [1.807, 2.05) is 0 Å². The highest BCUT2D eigenvalue weighted by atomic mass is 79.9. The van der Waals surface area contributed by atoms with Crippen LogP contribution >= 0.6 is 15.9 Å². The molecule has 2 heterocycles. The summed E-state index contributed by atoms with van der Waals surface area (Å²) in [6.07, 6.45) is 2.79. The summed E-state index contributed by atoms with van der Waals surface area (Å²) in [6.45, 7) is 4.12. The third-order valence-electron chi connectivity index (χ3n) is 4.17. The molecule has 1 aromatic heterocycles. The van der Waals surface area contributed by atoms with Crippen molar-refractivity contribution in [3.8, 4) is 0 Å². The monoisotopic (exact) mass is 423 g/mol. The van der Waals surface area contributed by atoms with Crippen LogP contribution in [0.3, 0.4) is 0 Å². The fraction of sp³-hybridized carbons (Fsp3) is 0.412. The Labute approximate surface area is 158 Å². The van der Waals surface area contributed by atoms with Crippen molar-refractivity contribution in [2.75, 3.05) is 11.9 Å². The smallest absolute Gasteiger partial charge is 0.338 e. The van der Waals surface area contributed by atoms with E-state index < -0.39 is 17.8 Å². The summed E-state index contributed by atoms with van der Waals surface area (Å²) in [5, 5.41) is 14.4. The Kier molecular flexibility index (Phi) is 5.65. The van der Waals surface area contributed by atoms with E-state index in [0.717, 1.165) is 19.3 Å². The van der Waals surface area contributed by atoms with Gasteiger partial charge in [-0.2, -0.15) is 4.68 Å². The first-order valence-electron chi connectivity index (χ1n) is 8.40. The minimum Gasteiger partial charge on any atom is -0.462 e. The second-order valence-corrected chi connectivity index (χ2v) is 6.94. The average Bonchev–Trinajstić information content (AvgIpc) is 3.07. The fourth-order valence-electron chi connectivity index (χ4n) is 2.88. The van der Waals surface area contributed by atoms with E-state index in [4.69, 9.17) is 4.74 Å². The maximum absolute atomic E-state index is 14.6. The molecule has 1 atom stereocenters. The predicted molar refractivity (Wildman–Crippen MR) is 96.9 cm³/mol. The Bertz CT molecular complexity index is 851. The van der Waals surface area contributed by atoms with Gasteiger partial charge in [-0.15, -0.1) is 0 Å². The predicted octanol–water partition coefficient (Wildman–Crippen LogP) is 3.60. The minimum atomic E-state index is -0.808. The standard InChI is InChI=1S/C17H19BrFN5O2/c1-3-4-5-8-26-16(25)14-10(2)20-17-21-22-23-24(17)15(14)12-9-11(18)6-7-13(12)19/h6-7,9,15H,3-5,8H2,1-2H3,(H,20,21,23)/t15-/m0/s1. The molecule has 0 saturated heterocycles. The summed E-state index contributed by atoms with van der Waals surface area (Å²) < 4.78 is 22.1. The molecular weight excluding hydrogens is 405 g/mol. The average molecular weight is 424 g/mol. The van der Waals surface area contributed by atoms with Crippen LogP contribution in [0.1, 0.15) is 44.7 Å². The summed E-state index contributed by atoms with van der Waals surface area (Å²) in [5.41, 5.74) is 1.12. The molecular formula is C17H19BrFN5O2. The largest absolute Gasteiger partial charge is 0.462 e. The number of nitrogens with one attached hydrogen (secondary N) is 1. The molecule has 0 amide bonds. The Morgan fingerprint density at radius 3 is 3.00 bits per heavy atom. The lowest BCUT2D eigenvalue weighted by atomic mass is 9.95. The Balaban J connectivity index is 2.00. The number of tetrazole rings is 1. The molecule has 3 rings (SSSR count). The summed E-state index contributed by atoms with van der Waals surface area (Å²) in [6, 6.07) is 3.75. The van der Waals surface area contributed by atoms with E-state index in [1.165, 1.54) is 10.7 Å². The number of anilines is 1. The maximum Gasteiger partial charge on any atom is 0.338 e. The molecule has 0 unspecified atom stereocenters. The molecule has 0 radical (unpaired) electrons. The van der Waals surface area contributed by atoms with Crippen molar-refractivity contribution in [3.05, 3.63) is 45.3 Å². The number of unbranched alkanes of at least 4 members (excludes halogenated alkanes) is 2. The van der Waals surface area contributed by atoms with Crippen LogP contribution in [-0.4, -0.2) is 32.8 Å². The van der Waals surface area contributed by atoms with Gasteiger partial charge in [-0.25, -0.2) is 9.18 Å². The van der Waals surface area contributed by atoms with Gasteiger partial charge in [0.15, 0.2) is 0 Å². The van der Waals surface area contributed by atoms with Gasteiger partial charge >= 0.3 is 5.97 Å². The topological polar surface area (TPSA) is 81.9 Å². The highest BCUT2D eigenvalue weighted by Gasteiger charge is 2.36. The SMILES string of the molecule is CCCCCOC(=O)C1=C(C)Nc2nnnn2[C@H]1c1cc(Br)ccc1F. The number of benzene rings is 1. The number of carbonyl (C=O) groups excluding carboxylic acids is 1. The summed E-state index contributed by atoms with van der Waals surface area (Å²) >= 11 is 3.35. The van der Waals surface area contributed by atoms with Gasteiger partial charge in [0.2, 0.25) is 5.95 Å². The normalized spacial score (nSPS) is 16.2. The van der Waals surface area contributed by atoms with Gasteiger partial charge in [-0.3, -0.25) is 0 Å². The first-order valence-corrected chi connectivity index (χ1v) is 9.20. The van der Waals surface area contributed by atoms with Crippen molar-refractivity contribution < 1.29 is 13.9 Å². The van der Waals surface area contributed by atoms with Crippen LogP contribution in [0.2, 0.25) is 0 Å². The lowest BCUT2D eigenvalue weighted by Crippen LogP contribution is -2.30. The van der Waals surface area contributed by atoms with E-state index >= 15 is 0 Å². The number of aromatic nitrogens is 4. The van der Waals surface area contributed by atoms with Gasteiger partial charge in [0.1, 0.15) is 11.9 Å². The van der Waals surface area contributed by atoms with E-state index in [2.05, 4.69) is 43.7 Å². The van der Waals surface area contributed by atoms with E-state index in [0.29, 0.717) is 28.3 Å². The molecule has 0 aliphatic carbocycles. The van der Waals surface area contributed by atoms with Crippen molar-refractivity contribution in [1.29, 1.82) is 0 Å². The Morgan fingerprint density at radius 1 is 1.42 bits per heavy atom. The van der Waals surface area contributed by atoms with Gasteiger partial charge in [-0.05, 0) is 42.0 Å². The molecule has 1 aromatic carbocycles. The third-order valence-corrected chi connectivity index (χ3v) is 4.66. The number of nitrogens with zero attached hydrogens (tertiary/aromatic N) is 4. The molecule has 138 valence electrons. The summed E-state index contributed by atoms with van der Waals surface area (Å²) in [5.74, 6) is -0.614. The van der Waals surface area contributed by atoms with Crippen LogP contribution in [0, 0.1) is 5.82 Å². The fourth-order valence-corrected chi connectivity index (χ4v) is 3.26. The molecule has 26 heavy (non-hydrogen) atoms. The van der Waals surface area contributed by atoms with Gasteiger partial charge in [0.05, 0.1) is 12.2 Å². The number of hydrogen-bond donors (Lipinski definition) is 1. The molecule has 0 fully saturated rings. The van der Waals surface area contributed by atoms with Crippen LogP contribution in [0.15, 0.2) is 33.9 Å². The zero-order valence-corrected chi connectivity index (χ0v) is 16.1. The number of allylic oxidation sites excluding steroid dienone is 1. The number of fused-ring (bicyclic) bond motifs is 1. The van der Waals surface area contributed by atoms with Crippen LogP contribution in [-0.2, 0) is 9.53 Å². The number of esters is 1. The van der Waals surface area contributed by atoms with Crippen molar-refractivity contribution in [2.24, 2.45) is 0 Å². The lowest BCUT2D eigenvalue weighted by molar-refractivity contribution is -0.139. The number of halogens is 2. The number of rotatable bonds is 6. The Morgan fingerprint density at radius 2 is 2.23 bits per heavy atom. The van der Waals surface area contributed by atoms with E-state index in [9.17, 15) is 9.18 Å². The highest BCUT2D eigenvalue weighted by molar-refractivity contribution is 9.10. The van der Waals surface area contributed by atoms with Gasteiger partial charge in [0, 0.05) is 15.7 Å². The zero-order valence-electron chi connectivity index (χ0n) is 14.5. The zero-order chi connectivity index (χ0) is 18.7. The molecule has 1 aliphatic rings. The van der Waals surface area contributed by atoms with Crippen LogP contribution in [0.25, 0.3) is 0 Å². The molecule has 7 nitrogen and oxygen atoms in total. The van der Waals surface area contributed by atoms with Crippen LogP contribution in [0.4, 0.5) is 10.3 Å². The molecule has 1 N–H and O–H groups in total. The second-order valence-electron chi connectivity index (χ2n) is 6.02. The molecule has 0 saturated carbocycles. The van der Waals surface area contributed by atoms with Crippen LogP contribution < -0.4 is 5.32 Å². The maximum atomic E-state index is 14.6. The van der Waals surface area contributed by atoms with Gasteiger partial charge < -0.3 is 10.1 Å². The van der Waals surface area contributed by atoms with Crippen LogP contribution in [0.5, 0.6) is 0 Å². The van der Waals surface area contributed by atoms with E-state index in [1.54, 1.807) is 19.1 Å². The lowest BCUT2D eigenvalue weighted by Gasteiger charge is -2.27. The number of hydrogen-bond acceptors (Lipinski definition) is 6. The summed E-state index contributed by atoms with van der Waals surface area (Å²) in [4.78, 5) is 12.7. The van der Waals surface area contributed by atoms with Crippen molar-refractivity contribution in [1.82, 2.24) is 20.2 Å². The first kappa shape index (κ1) is 18.5. The van der Waals surface area contributed by atoms with E-state index in [-0.39, 0.29) is 5.56 Å². The third kappa shape index (κ3) is 3.62. The van der Waals surface area contributed by atoms with Crippen molar-refractivity contribution in [2.45, 2.75) is 39.2 Å². The van der Waals surface area contributed by atoms with Crippen molar-refractivity contribution >= 4 is 27.8 Å². The summed E-state index contributed by atoms with van der Waals surface area (Å²) in [7, 11) is 0. The second kappa shape index (κ2) is 7.94. The highest BCUT2D eigenvalue weighted by Crippen LogP contribution is 2.36. The minimum absolute atomic E-state index is 0.286. The number of carbonyl (C=O) groups is 1. The van der Waals surface area contributed by atoms with Gasteiger partial charge in [0.25, 0.3) is 0 Å². The molecule has 2 aromatic rings. The number of ether oxygens (including phenoxy) is 1. The molecule has 9 heteroatoms. The Hall–Kier alpha value is -2.29. The molecule has 1 aliphatic heterocycles. The van der Waals surface area contributed by atoms with Crippen molar-refractivity contribution in [3.63, 3.8) is 0 Å². The van der Waals surface area contributed by atoms with Gasteiger partial charge in [-0.1, -0.05) is 40.8 Å². The molecule has 0 bridgehead atoms. The quantitative estimate of drug-likeness (QED) is 0.564. The molecule has 0 spiro atoms.